The van der Waals surface area contributed by atoms with Gasteiger partial charge in [-0.3, -0.25) is 9.59 Å². The summed E-state index contributed by atoms with van der Waals surface area (Å²) < 4.78 is 1.39. The zero-order valence-electron chi connectivity index (χ0n) is 29.3. The third kappa shape index (κ3) is 28.9. The van der Waals surface area contributed by atoms with E-state index in [9.17, 15) is 29.7 Å². The minimum Gasteiger partial charge on any atom is -0.872 e. The predicted octanol–water partition coefficient (Wildman–Crippen LogP) is 2.59. The van der Waals surface area contributed by atoms with Gasteiger partial charge in [-0.25, -0.2) is 0 Å². The molecule has 0 saturated heterocycles. The Bertz CT molecular complexity index is 1640. The van der Waals surface area contributed by atoms with E-state index in [-0.39, 0.29) is 79.4 Å². The van der Waals surface area contributed by atoms with E-state index in [1.165, 1.54) is 32.0 Å². The molecule has 3 aromatic carbocycles. The molecule has 3 aromatic rings. The Morgan fingerprint density at radius 1 is 0.782 bits per heavy atom. The zero-order valence-corrected chi connectivity index (χ0v) is 37.2. The Morgan fingerprint density at radius 2 is 1.05 bits per heavy atom. The normalized spacial score (nSPS) is 8.76. The number of carboxylic acid groups (broad SMARTS) is 1. The summed E-state index contributed by atoms with van der Waals surface area (Å²) in [6, 6.07) is 13.6. The van der Waals surface area contributed by atoms with Crippen molar-refractivity contribution in [3.8, 4) is 35.1 Å². The number of carbonyl (C=O) groups excluding carboxylic acids is 3. The fourth-order valence-corrected chi connectivity index (χ4v) is 4.62. The van der Waals surface area contributed by atoms with Crippen LogP contribution in [0.15, 0.2) is 51.4 Å². The van der Waals surface area contributed by atoms with Crippen molar-refractivity contribution in [3.63, 3.8) is 0 Å². The second-order valence-electron chi connectivity index (χ2n) is 9.53. The van der Waals surface area contributed by atoms with Crippen LogP contribution >= 0.6 is 31.9 Å². The van der Waals surface area contributed by atoms with Crippen molar-refractivity contribution in [1.82, 2.24) is 9.80 Å². The Hall–Kier alpha value is -4.20. The molecule has 55 heavy (non-hydrogen) atoms. The number of carboxylic acids is 1. The number of likely N-dealkylation sites (N-methyl/N-ethyl adjacent to an activating group) is 2. The van der Waals surface area contributed by atoms with Crippen LogP contribution in [-0.4, -0.2) is 75.9 Å². The van der Waals surface area contributed by atoms with Gasteiger partial charge in [-0.2, -0.15) is 10.5 Å². The molecule has 20 nitrogen and oxygen atoms in total. The first-order valence-electron chi connectivity index (χ1n) is 13.9. The number of nitrogens with zero attached hydrogens (tertiary/aromatic N) is 6. The van der Waals surface area contributed by atoms with Gasteiger partial charge in [0.2, 0.25) is 0 Å². The monoisotopic (exact) mass is 1100 g/mol. The van der Waals surface area contributed by atoms with Crippen molar-refractivity contribution in [3.05, 3.63) is 110 Å². The molecule has 0 aliphatic heterocycles. The number of aromatic carboxylic acids is 1. The van der Waals surface area contributed by atoms with Gasteiger partial charge in [-0.05, 0) is 61.6 Å². The Balaban J connectivity index is -0.000000253. The molecule has 0 amide bonds. The molecule has 1 radical (unpaired) electrons. The first kappa shape index (κ1) is 60.1. The average molecular weight is 1100 g/mol. The quantitative estimate of drug-likeness (QED) is 0.127. The van der Waals surface area contributed by atoms with E-state index in [1.54, 1.807) is 24.3 Å². The van der Waals surface area contributed by atoms with Gasteiger partial charge >= 0.3 is 56.8 Å². The molecule has 3 rings (SSSR count). The van der Waals surface area contributed by atoms with E-state index in [2.05, 4.69) is 31.9 Å². The van der Waals surface area contributed by atoms with Crippen LogP contribution in [0.1, 0.15) is 56.0 Å². The van der Waals surface area contributed by atoms with Gasteiger partial charge in [0.25, 0.3) is 0 Å². The first-order chi connectivity index (χ1) is 24.7. The second kappa shape index (κ2) is 34.3. The Morgan fingerprint density at radius 3 is 1.27 bits per heavy atom. The van der Waals surface area contributed by atoms with Gasteiger partial charge < -0.3 is 70.8 Å². The number of hydrogen-bond donors (Lipinski definition) is 2. The fourth-order valence-electron chi connectivity index (χ4n) is 3.57. The second-order valence-corrected chi connectivity index (χ2v) is 11.4. The summed E-state index contributed by atoms with van der Waals surface area (Å²) >= 11 is 6.64. The van der Waals surface area contributed by atoms with E-state index in [1.807, 2.05) is 23.9 Å². The van der Waals surface area contributed by atoms with Gasteiger partial charge in [0.1, 0.15) is 24.1 Å². The summed E-state index contributed by atoms with van der Waals surface area (Å²) in [5, 5.41) is 96.6. The number of aromatic hydroxyl groups is 2. The van der Waals surface area contributed by atoms with Crippen LogP contribution < -0.4 is 15.3 Å². The smallest absolute Gasteiger partial charge is 0.872 e. The Kier molecular flexibility index (Phi) is 37.5. The van der Waals surface area contributed by atoms with Crippen molar-refractivity contribution < 1.29 is 107 Å². The van der Waals surface area contributed by atoms with E-state index >= 15 is 0 Å². The number of halogens is 2. The topological polar surface area (TPSA) is 347 Å². The number of carbonyl (C=O) groups is 3. The predicted molar refractivity (Wildman–Crippen MR) is 188 cm³/mol. The van der Waals surface area contributed by atoms with Gasteiger partial charge in [-0.1, -0.05) is 49.4 Å². The number of phenols is 2. The summed E-state index contributed by atoms with van der Waals surface area (Å²) in [6.07, 6.45) is 1.13. The summed E-state index contributed by atoms with van der Waals surface area (Å²) in [4.78, 5) is 52.7. The third-order valence-corrected chi connectivity index (χ3v) is 6.46. The van der Waals surface area contributed by atoms with Crippen LogP contribution in [0.2, 0.25) is 0 Å². The van der Waals surface area contributed by atoms with Crippen molar-refractivity contribution >= 4 is 50.4 Å². The molecule has 24 heteroatoms. The molecular formula is C31H31Br2ErN6O14Zn. The van der Waals surface area contributed by atoms with Crippen molar-refractivity contribution in [2.45, 2.75) is 26.9 Å². The maximum absolute atomic E-state index is 12.2. The zero-order chi connectivity index (χ0) is 41.8. The van der Waals surface area contributed by atoms with Crippen LogP contribution in [0.3, 0.4) is 0 Å². The van der Waals surface area contributed by atoms with Crippen LogP contribution in [0.5, 0.6) is 23.0 Å². The van der Waals surface area contributed by atoms with Crippen molar-refractivity contribution in [2.24, 2.45) is 0 Å². The van der Waals surface area contributed by atoms with E-state index in [0.717, 1.165) is 12.1 Å². The van der Waals surface area contributed by atoms with Crippen LogP contribution in [0.25, 0.3) is 0 Å². The molecular weight excluding hydrogens is 1070 g/mol. The standard InChI is InChI=1S/C20H22Br2N2O4.C7H6O4.2C2H3N.Er.2NO3.Zn/c1-23(9-13-5-17(21)7-15(11-25)19(13)27)3-4-24(2)10-14-6-18(22)8-16(12-26)20(14)28;8-4-2-1-3-5(9)6(4)7(10)11;2*1-2-3;;2*2-1(3)4;/h5-8,11-12,27-28H,3-4,9-10H2,1-2H3;1-3,8-9H,(H,10,11);2*1H3;;;;/q;;;;+3;2*-1;+2/p-3. The van der Waals surface area contributed by atoms with Gasteiger partial charge in [0.05, 0.1) is 33.8 Å². The maximum Gasteiger partial charge on any atom is 3.00 e. The van der Waals surface area contributed by atoms with E-state index in [0.29, 0.717) is 58.8 Å². The van der Waals surface area contributed by atoms with Gasteiger partial charge in [0.15, 0.2) is 0 Å². The molecule has 0 saturated carbocycles. The fraction of sp³-hybridized carbons (Fsp3) is 0.258. The molecule has 0 aliphatic carbocycles. The first-order valence-corrected chi connectivity index (χ1v) is 15.5. The Labute approximate surface area is 373 Å². The summed E-state index contributed by atoms with van der Waals surface area (Å²) in [5.74, 6) is -3.11. The molecule has 0 heterocycles. The van der Waals surface area contributed by atoms with Gasteiger partial charge in [0, 0.05) is 60.1 Å². The minimum absolute atomic E-state index is 0. The van der Waals surface area contributed by atoms with Crippen LogP contribution in [0.4, 0.5) is 0 Å². The summed E-state index contributed by atoms with van der Waals surface area (Å²) in [6.45, 7) is 4.99. The molecule has 297 valence electrons. The van der Waals surface area contributed by atoms with Crippen LogP contribution in [-0.2, 0) is 32.6 Å². The number of rotatable bonds is 10. The van der Waals surface area contributed by atoms with Crippen LogP contribution in [0, 0.1) is 90.6 Å². The molecule has 0 unspecified atom stereocenters. The molecule has 0 aromatic heterocycles. The largest absolute Gasteiger partial charge is 3.00 e. The molecule has 0 aliphatic rings. The molecule has 0 atom stereocenters. The molecule has 0 fully saturated rings. The van der Waals surface area contributed by atoms with Gasteiger partial charge in [-0.15, -0.1) is 0 Å². The number of nitriles is 2. The maximum atomic E-state index is 12.2. The average Bonchev–Trinajstić information content (AvgIpc) is 3.03. The summed E-state index contributed by atoms with van der Waals surface area (Å²) in [7, 11) is 3.77. The van der Waals surface area contributed by atoms with Crippen molar-refractivity contribution in [2.75, 3.05) is 27.2 Å². The minimum atomic E-state index is -1.75. The molecule has 0 bridgehead atoms. The molecule has 0 spiro atoms. The number of hydrogen-bond acceptors (Lipinski definition) is 18. The summed E-state index contributed by atoms with van der Waals surface area (Å²) in [5.41, 5.74) is 0.793. The third-order valence-electron chi connectivity index (χ3n) is 5.54. The van der Waals surface area contributed by atoms with E-state index < -0.39 is 33.2 Å². The SMILES string of the molecule is CC#N.CC#N.CN(CCN(C)Cc1cc(Br)cc(C=O)c1[O-])Cc1cc(Br)cc(C=O)c1[O-].O=C([O-])c1c(O)cccc1O.O=[N+]([O-])[O-].O=[N+]([O-])[O-].[Er+3].[Zn+2]. The van der Waals surface area contributed by atoms with E-state index in [4.69, 9.17) is 51.4 Å². The molecule has 2 N–H and O–H groups in total. The van der Waals surface area contributed by atoms with Crippen molar-refractivity contribution in [1.29, 1.82) is 10.5 Å². The number of aldehydes is 2. The number of benzene rings is 3.